The maximum Gasteiger partial charge on any atom is 0.261 e. The SMILES string of the molecule is O=C(CN1C(=O)c2cccnc2Sc2ccccc21)NCc1cccs1. The van der Waals surface area contributed by atoms with Crippen molar-refractivity contribution >= 4 is 40.6 Å². The third-order valence-corrected chi connectivity index (χ3v) is 5.91. The second-order valence-electron chi connectivity index (χ2n) is 5.67. The monoisotopic (exact) mass is 381 g/mol. The molecular weight excluding hydrogens is 366 g/mol. The van der Waals surface area contributed by atoms with Gasteiger partial charge in [-0.05, 0) is 35.7 Å². The Bertz CT molecular complexity index is 957. The number of carbonyl (C=O) groups is 2. The smallest absolute Gasteiger partial charge is 0.261 e. The fourth-order valence-corrected chi connectivity index (χ4v) is 4.38. The molecule has 0 fully saturated rings. The third kappa shape index (κ3) is 3.36. The van der Waals surface area contributed by atoms with E-state index in [9.17, 15) is 9.59 Å². The normalized spacial score (nSPS) is 12.9. The van der Waals surface area contributed by atoms with Crippen molar-refractivity contribution in [1.29, 1.82) is 0 Å². The minimum absolute atomic E-state index is 0.0316. The number of hydrogen-bond acceptors (Lipinski definition) is 5. The minimum atomic E-state index is -0.211. The fourth-order valence-electron chi connectivity index (χ4n) is 2.72. The molecule has 4 rings (SSSR count). The number of para-hydroxylation sites is 1. The summed E-state index contributed by atoms with van der Waals surface area (Å²) >= 11 is 3.03. The Morgan fingerprint density at radius 3 is 2.85 bits per heavy atom. The molecule has 1 aromatic carbocycles. The van der Waals surface area contributed by atoms with E-state index in [4.69, 9.17) is 0 Å². The molecule has 1 aliphatic heterocycles. The van der Waals surface area contributed by atoms with E-state index in [1.54, 1.807) is 29.7 Å². The van der Waals surface area contributed by atoms with E-state index in [0.29, 0.717) is 17.1 Å². The number of anilines is 1. The van der Waals surface area contributed by atoms with Crippen LogP contribution in [0.1, 0.15) is 15.2 Å². The minimum Gasteiger partial charge on any atom is -0.350 e. The molecule has 3 heterocycles. The van der Waals surface area contributed by atoms with E-state index in [1.165, 1.54) is 16.7 Å². The van der Waals surface area contributed by atoms with Crippen molar-refractivity contribution in [3.8, 4) is 0 Å². The van der Waals surface area contributed by atoms with Crippen molar-refractivity contribution in [3.05, 3.63) is 70.5 Å². The number of hydrogen-bond donors (Lipinski definition) is 1. The number of thiophene rings is 1. The summed E-state index contributed by atoms with van der Waals surface area (Å²) in [6, 6.07) is 15.0. The second kappa shape index (κ2) is 7.31. The summed E-state index contributed by atoms with van der Waals surface area (Å²) in [6.07, 6.45) is 1.67. The van der Waals surface area contributed by atoms with E-state index in [-0.39, 0.29) is 18.4 Å². The Morgan fingerprint density at radius 1 is 1.12 bits per heavy atom. The van der Waals surface area contributed by atoms with Crippen molar-refractivity contribution in [3.63, 3.8) is 0 Å². The van der Waals surface area contributed by atoms with Crippen molar-refractivity contribution in [2.75, 3.05) is 11.4 Å². The van der Waals surface area contributed by atoms with E-state index in [0.717, 1.165) is 15.5 Å². The number of rotatable bonds is 4. The van der Waals surface area contributed by atoms with E-state index in [2.05, 4.69) is 10.3 Å². The highest BCUT2D eigenvalue weighted by Crippen LogP contribution is 2.39. The number of aromatic nitrogens is 1. The molecule has 0 spiro atoms. The highest BCUT2D eigenvalue weighted by molar-refractivity contribution is 7.99. The predicted octanol–water partition coefficient (Wildman–Crippen LogP) is 3.57. The highest BCUT2D eigenvalue weighted by Gasteiger charge is 2.29. The first kappa shape index (κ1) is 16.8. The summed E-state index contributed by atoms with van der Waals surface area (Å²) < 4.78 is 0. The number of fused-ring (bicyclic) bond motifs is 2. The first-order chi connectivity index (χ1) is 12.7. The molecule has 0 atom stereocenters. The summed E-state index contributed by atoms with van der Waals surface area (Å²) in [5.74, 6) is -0.407. The van der Waals surface area contributed by atoms with Gasteiger partial charge in [-0.3, -0.25) is 14.5 Å². The van der Waals surface area contributed by atoms with Crippen LogP contribution in [0.2, 0.25) is 0 Å². The largest absolute Gasteiger partial charge is 0.350 e. The van der Waals surface area contributed by atoms with Gasteiger partial charge in [0.2, 0.25) is 5.91 Å². The van der Waals surface area contributed by atoms with Gasteiger partial charge in [0, 0.05) is 16.0 Å². The molecule has 7 heteroatoms. The molecule has 0 aliphatic carbocycles. The molecule has 1 aliphatic rings. The Hall–Kier alpha value is -2.64. The Labute approximate surface area is 159 Å². The van der Waals surface area contributed by atoms with Crippen LogP contribution in [0.25, 0.3) is 0 Å². The molecule has 130 valence electrons. The van der Waals surface area contributed by atoms with Crippen LogP contribution in [0.15, 0.2) is 70.0 Å². The number of carbonyl (C=O) groups excluding carboxylic acids is 2. The van der Waals surface area contributed by atoms with Gasteiger partial charge in [-0.15, -0.1) is 11.3 Å². The second-order valence-corrected chi connectivity index (χ2v) is 7.74. The Kier molecular flexibility index (Phi) is 4.73. The maximum absolute atomic E-state index is 13.1. The van der Waals surface area contributed by atoms with Crippen LogP contribution in [-0.2, 0) is 11.3 Å². The van der Waals surface area contributed by atoms with Gasteiger partial charge in [-0.2, -0.15) is 0 Å². The van der Waals surface area contributed by atoms with Gasteiger partial charge in [0.05, 0.1) is 17.8 Å². The molecule has 0 radical (unpaired) electrons. The maximum atomic E-state index is 13.1. The van der Waals surface area contributed by atoms with Crippen molar-refractivity contribution < 1.29 is 9.59 Å². The predicted molar refractivity (Wildman–Crippen MR) is 103 cm³/mol. The number of pyridine rings is 1. The van der Waals surface area contributed by atoms with Crippen LogP contribution in [-0.4, -0.2) is 23.3 Å². The number of nitrogens with zero attached hydrogens (tertiary/aromatic N) is 2. The quantitative estimate of drug-likeness (QED) is 0.750. The molecule has 2 amide bonds. The molecule has 0 unspecified atom stereocenters. The Balaban J connectivity index is 1.61. The molecule has 26 heavy (non-hydrogen) atoms. The van der Waals surface area contributed by atoms with E-state index >= 15 is 0 Å². The van der Waals surface area contributed by atoms with Crippen molar-refractivity contribution in [2.45, 2.75) is 16.5 Å². The first-order valence-corrected chi connectivity index (χ1v) is 9.75. The van der Waals surface area contributed by atoms with Gasteiger partial charge >= 0.3 is 0 Å². The molecular formula is C19H15N3O2S2. The highest BCUT2D eigenvalue weighted by atomic mass is 32.2. The summed E-state index contributed by atoms with van der Waals surface area (Å²) in [6.45, 7) is 0.434. The van der Waals surface area contributed by atoms with Crippen LogP contribution in [0, 0.1) is 0 Å². The number of benzene rings is 1. The van der Waals surface area contributed by atoms with Crippen LogP contribution in [0.4, 0.5) is 5.69 Å². The van der Waals surface area contributed by atoms with E-state index < -0.39 is 0 Å². The number of amides is 2. The lowest BCUT2D eigenvalue weighted by molar-refractivity contribution is -0.119. The van der Waals surface area contributed by atoms with Crippen LogP contribution >= 0.6 is 23.1 Å². The van der Waals surface area contributed by atoms with Crippen LogP contribution < -0.4 is 10.2 Å². The summed E-state index contributed by atoms with van der Waals surface area (Å²) in [5.41, 5.74) is 1.24. The number of nitrogens with one attached hydrogen (secondary N) is 1. The average molecular weight is 381 g/mol. The van der Waals surface area contributed by atoms with Gasteiger partial charge in [-0.25, -0.2) is 4.98 Å². The van der Waals surface area contributed by atoms with Crippen LogP contribution in [0.5, 0.6) is 0 Å². The lowest BCUT2D eigenvalue weighted by Crippen LogP contribution is -2.40. The summed E-state index contributed by atoms with van der Waals surface area (Å²) in [5, 5.41) is 5.51. The van der Waals surface area contributed by atoms with Gasteiger partial charge in [0.25, 0.3) is 5.91 Å². The average Bonchev–Trinajstić information content (AvgIpc) is 3.15. The first-order valence-electron chi connectivity index (χ1n) is 8.05. The molecule has 5 nitrogen and oxygen atoms in total. The van der Waals surface area contributed by atoms with Crippen LogP contribution in [0.3, 0.4) is 0 Å². The molecule has 0 bridgehead atoms. The lowest BCUT2D eigenvalue weighted by atomic mass is 10.2. The topological polar surface area (TPSA) is 62.3 Å². The van der Waals surface area contributed by atoms with E-state index in [1.807, 2.05) is 41.8 Å². The van der Waals surface area contributed by atoms with Crippen molar-refractivity contribution in [1.82, 2.24) is 10.3 Å². The molecule has 3 aromatic rings. The van der Waals surface area contributed by atoms with Gasteiger partial charge in [0.15, 0.2) is 0 Å². The molecule has 0 saturated carbocycles. The summed E-state index contributed by atoms with van der Waals surface area (Å²) in [7, 11) is 0. The van der Waals surface area contributed by atoms with Gasteiger partial charge in [-0.1, -0.05) is 30.0 Å². The molecule has 0 saturated heterocycles. The van der Waals surface area contributed by atoms with Gasteiger partial charge < -0.3 is 5.32 Å². The van der Waals surface area contributed by atoms with Crippen molar-refractivity contribution in [2.24, 2.45) is 0 Å². The lowest BCUT2D eigenvalue weighted by Gasteiger charge is -2.22. The zero-order valence-electron chi connectivity index (χ0n) is 13.7. The zero-order valence-corrected chi connectivity index (χ0v) is 15.3. The van der Waals surface area contributed by atoms with Gasteiger partial charge in [0.1, 0.15) is 11.6 Å². The third-order valence-electron chi connectivity index (χ3n) is 3.95. The molecule has 2 aromatic heterocycles. The zero-order chi connectivity index (χ0) is 17.9. The Morgan fingerprint density at radius 2 is 2.00 bits per heavy atom. The fraction of sp³-hybridized carbons (Fsp3) is 0.105. The molecule has 1 N–H and O–H groups in total. The summed E-state index contributed by atoms with van der Waals surface area (Å²) in [4.78, 5) is 33.4. The standard InChI is InChI=1S/C19H15N3O2S2/c23-17(21-11-13-5-4-10-25-13)12-22-15-7-1-2-8-16(15)26-18-14(19(22)24)6-3-9-20-18/h1-10H,11-12H2,(H,21,23).